The van der Waals surface area contributed by atoms with Gasteiger partial charge in [-0.1, -0.05) is 65.7 Å². The summed E-state index contributed by atoms with van der Waals surface area (Å²) in [7, 11) is 1.62. The number of anilines is 1. The van der Waals surface area contributed by atoms with Crippen LogP contribution in [0.2, 0.25) is 0 Å². The second-order valence-electron chi connectivity index (χ2n) is 8.18. The summed E-state index contributed by atoms with van der Waals surface area (Å²) in [5.74, 6) is 1.03. The average molecular weight is 489 g/mol. The van der Waals surface area contributed by atoms with Gasteiger partial charge >= 0.3 is 0 Å². The molecule has 31 heavy (non-hydrogen) atoms. The number of methoxy groups -OCH3 is 1. The Morgan fingerprint density at radius 1 is 1.03 bits per heavy atom. The van der Waals surface area contributed by atoms with Crippen molar-refractivity contribution in [3.8, 4) is 11.5 Å². The summed E-state index contributed by atoms with van der Waals surface area (Å²) >= 11 is 3.65. The van der Waals surface area contributed by atoms with Crippen LogP contribution in [-0.2, 0) is 11.3 Å². The van der Waals surface area contributed by atoms with E-state index in [1.807, 2.05) is 43.3 Å². The van der Waals surface area contributed by atoms with Crippen molar-refractivity contribution in [3.63, 3.8) is 0 Å². The van der Waals surface area contributed by atoms with E-state index in [4.69, 9.17) is 9.47 Å². The summed E-state index contributed by atoms with van der Waals surface area (Å²) in [5, 5.41) is 6.58. The Labute approximate surface area is 194 Å². The Morgan fingerprint density at radius 2 is 1.71 bits per heavy atom. The summed E-state index contributed by atoms with van der Waals surface area (Å²) in [6, 6.07) is 12.0. The van der Waals surface area contributed by atoms with Gasteiger partial charge in [0, 0.05) is 28.3 Å². The fraction of sp³-hybridized carbons (Fsp3) is 0.480. The molecule has 1 fully saturated rings. The van der Waals surface area contributed by atoms with Crippen molar-refractivity contribution >= 4 is 27.5 Å². The second kappa shape index (κ2) is 12.1. The first kappa shape index (κ1) is 23.6. The molecule has 1 saturated carbocycles. The number of nitrogens with one attached hydrogen (secondary N) is 2. The Hall–Kier alpha value is -2.05. The maximum Gasteiger partial charge on any atom is 0.262 e. The molecule has 0 aliphatic heterocycles. The monoisotopic (exact) mass is 488 g/mol. The van der Waals surface area contributed by atoms with E-state index in [1.165, 1.54) is 44.9 Å². The number of ether oxygens (including phenoxy) is 2. The zero-order valence-electron chi connectivity index (χ0n) is 18.5. The summed E-state index contributed by atoms with van der Waals surface area (Å²) in [6.07, 6.45) is 8.97. The highest BCUT2D eigenvalue weighted by Crippen LogP contribution is 2.36. The lowest BCUT2D eigenvalue weighted by Crippen LogP contribution is -2.29. The predicted octanol–water partition coefficient (Wildman–Crippen LogP) is 5.99. The number of aryl methyl sites for hydroxylation is 1. The first-order valence-electron chi connectivity index (χ1n) is 11.1. The Balaban J connectivity index is 1.65. The van der Waals surface area contributed by atoms with Gasteiger partial charge in [-0.05, 0) is 44.0 Å². The molecular weight excluding hydrogens is 456 g/mol. The van der Waals surface area contributed by atoms with E-state index < -0.39 is 0 Å². The Kier molecular flexibility index (Phi) is 9.22. The van der Waals surface area contributed by atoms with Crippen molar-refractivity contribution in [2.45, 2.75) is 64.5 Å². The molecule has 0 saturated heterocycles. The number of rotatable bonds is 8. The molecular formula is C25H33BrN2O3. The standard InChI is InChI=1S/C25H33BrN2O3/c1-18-10-12-20(13-11-18)28-24(29)17-31-25-21(22(26)14-15-23(25)30-2)16-27-19-8-6-4-3-5-7-9-19/h10-15,19,27H,3-9,16-17H2,1-2H3,(H,28,29). The topological polar surface area (TPSA) is 59.6 Å². The predicted molar refractivity (Wildman–Crippen MR) is 129 cm³/mol. The third-order valence-electron chi connectivity index (χ3n) is 5.74. The van der Waals surface area contributed by atoms with E-state index in [0.29, 0.717) is 24.1 Å². The zero-order chi connectivity index (χ0) is 22.1. The fourth-order valence-electron chi connectivity index (χ4n) is 3.94. The minimum Gasteiger partial charge on any atom is -0.493 e. The molecule has 3 rings (SSSR count). The first-order valence-corrected chi connectivity index (χ1v) is 11.9. The van der Waals surface area contributed by atoms with Crippen LogP contribution < -0.4 is 20.1 Å². The van der Waals surface area contributed by atoms with Gasteiger partial charge in [0.1, 0.15) is 0 Å². The molecule has 1 amide bonds. The molecule has 0 radical (unpaired) electrons. The van der Waals surface area contributed by atoms with E-state index in [-0.39, 0.29) is 12.5 Å². The van der Waals surface area contributed by atoms with Gasteiger partial charge in [0.15, 0.2) is 18.1 Å². The van der Waals surface area contributed by atoms with Crippen molar-refractivity contribution in [2.75, 3.05) is 19.0 Å². The van der Waals surface area contributed by atoms with Gasteiger partial charge in [0.05, 0.1) is 7.11 Å². The molecule has 2 aromatic rings. The van der Waals surface area contributed by atoms with E-state index in [0.717, 1.165) is 21.3 Å². The van der Waals surface area contributed by atoms with Gasteiger partial charge in [-0.15, -0.1) is 0 Å². The van der Waals surface area contributed by atoms with Crippen LogP contribution in [0.5, 0.6) is 11.5 Å². The highest BCUT2D eigenvalue weighted by Gasteiger charge is 2.18. The molecule has 0 heterocycles. The third kappa shape index (κ3) is 7.25. The molecule has 0 spiro atoms. The number of carbonyl (C=O) groups excluding carboxylic acids is 1. The summed E-state index contributed by atoms with van der Waals surface area (Å²) < 4.78 is 12.4. The van der Waals surface area contributed by atoms with E-state index in [9.17, 15) is 4.79 Å². The van der Waals surface area contributed by atoms with Crippen LogP contribution in [0.3, 0.4) is 0 Å². The first-order chi connectivity index (χ1) is 15.1. The molecule has 0 atom stereocenters. The minimum atomic E-state index is -0.204. The largest absolute Gasteiger partial charge is 0.493 e. The van der Waals surface area contributed by atoms with Crippen molar-refractivity contribution < 1.29 is 14.3 Å². The lowest BCUT2D eigenvalue weighted by atomic mass is 9.96. The van der Waals surface area contributed by atoms with Gasteiger partial charge in [-0.2, -0.15) is 0 Å². The molecule has 2 N–H and O–H groups in total. The van der Waals surface area contributed by atoms with Gasteiger partial charge in [0.2, 0.25) is 0 Å². The third-order valence-corrected chi connectivity index (χ3v) is 6.49. The lowest BCUT2D eigenvalue weighted by Gasteiger charge is -2.23. The highest BCUT2D eigenvalue weighted by molar-refractivity contribution is 9.10. The summed E-state index contributed by atoms with van der Waals surface area (Å²) in [5.41, 5.74) is 2.88. The highest BCUT2D eigenvalue weighted by atomic mass is 79.9. The SMILES string of the molecule is COc1ccc(Br)c(CNC2CCCCCCC2)c1OCC(=O)Nc1ccc(C)cc1. The van der Waals surface area contributed by atoms with E-state index in [1.54, 1.807) is 7.11 Å². The van der Waals surface area contributed by atoms with Crippen molar-refractivity contribution in [3.05, 3.63) is 52.0 Å². The molecule has 1 aliphatic carbocycles. The van der Waals surface area contributed by atoms with Crippen molar-refractivity contribution in [2.24, 2.45) is 0 Å². The number of carbonyl (C=O) groups is 1. The smallest absolute Gasteiger partial charge is 0.262 e. The van der Waals surface area contributed by atoms with E-state index >= 15 is 0 Å². The van der Waals surface area contributed by atoms with Gasteiger partial charge in [0.25, 0.3) is 5.91 Å². The van der Waals surface area contributed by atoms with E-state index in [2.05, 4.69) is 26.6 Å². The van der Waals surface area contributed by atoms with Crippen LogP contribution in [0, 0.1) is 6.92 Å². The fourth-order valence-corrected chi connectivity index (χ4v) is 4.40. The molecule has 0 aromatic heterocycles. The summed E-state index contributed by atoms with van der Waals surface area (Å²) in [4.78, 5) is 12.4. The molecule has 1 aliphatic rings. The Bertz CT molecular complexity index is 847. The van der Waals surface area contributed by atoms with Crippen molar-refractivity contribution in [1.82, 2.24) is 5.32 Å². The maximum atomic E-state index is 12.4. The average Bonchev–Trinajstić information content (AvgIpc) is 2.74. The number of halogens is 1. The molecule has 0 bridgehead atoms. The number of benzene rings is 2. The van der Waals surface area contributed by atoms with Crippen LogP contribution in [0.25, 0.3) is 0 Å². The summed E-state index contributed by atoms with van der Waals surface area (Å²) in [6.45, 7) is 2.59. The number of hydrogen-bond donors (Lipinski definition) is 2. The normalized spacial score (nSPS) is 15.1. The Morgan fingerprint density at radius 3 is 2.39 bits per heavy atom. The second-order valence-corrected chi connectivity index (χ2v) is 9.04. The minimum absolute atomic E-state index is 0.0862. The van der Waals surface area contributed by atoms with Gasteiger partial charge in [-0.25, -0.2) is 0 Å². The van der Waals surface area contributed by atoms with Crippen LogP contribution in [-0.4, -0.2) is 25.7 Å². The number of hydrogen-bond acceptors (Lipinski definition) is 4. The number of amides is 1. The molecule has 6 heteroatoms. The van der Waals surface area contributed by atoms with Gasteiger partial charge < -0.3 is 20.1 Å². The maximum absolute atomic E-state index is 12.4. The quantitative estimate of drug-likeness (QED) is 0.479. The van der Waals surface area contributed by atoms with Crippen LogP contribution in [0.4, 0.5) is 5.69 Å². The molecule has 2 aromatic carbocycles. The van der Waals surface area contributed by atoms with Crippen LogP contribution in [0.1, 0.15) is 56.1 Å². The lowest BCUT2D eigenvalue weighted by molar-refractivity contribution is -0.118. The van der Waals surface area contributed by atoms with Crippen molar-refractivity contribution in [1.29, 1.82) is 0 Å². The van der Waals surface area contributed by atoms with Crippen LogP contribution >= 0.6 is 15.9 Å². The van der Waals surface area contributed by atoms with Gasteiger partial charge in [-0.3, -0.25) is 4.79 Å². The van der Waals surface area contributed by atoms with Crippen LogP contribution in [0.15, 0.2) is 40.9 Å². The molecule has 0 unspecified atom stereocenters. The zero-order valence-corrected chi connectivity index (χ0v) is 20.1. The molecule has 168 valence electrons. The molecule has 5 nitrogen and oxygen atoms in total.